The van der Waals surface area contributed by atoms with Crippen LogP contribution in [0.4, 0.5) is 0 Å². The highest BCUT2D eigenvalue weighted by Crippen LogP contribution is 2.15. The van der Waals surface area contributed by atoms with Crippen molar-refractivity contribution >= 4 is 17.4 Å². The van der Waals surface area contributed by atoms with Crippen molar-refractivity contribution in [3.05, 3.63) is 28.0 Å². The van der Waals surface area contributed by atoms with Gasteiger partial charge in [-0.1, -0.05) is 11.6 Å². The van der Waals surface area contributed by atoms with Crippen molar-refractivity contribution in [3.8, 4) is 0 Å². The fraction of sp³-hybridized carbons (Fsp3) is 0.400. The van der Waals surface area contributed by atoms with E-state index in [-0.39, 0.29) is 0 Å². The molecule has 0 unspecified atom stereocenters. The quantitative estimate of drug-likeness (QED) is 0.698. The molecule has 2 heteroatoms. The van der Waals surface area contributed by atoms with Crippen LogP contribution in [0.5, 0.6) is 0 Å². The summed E-state index contributed by atoms with van der Waals surface area (Å²) in [5, 5.41) is 7.71. The molecule has 0 atom stereocenters. The second-order valence-electron chi connectivity index (χ2n) is 3.14. The highest BCUT2D eigenvalue weighted by molar-refractivity contribution is 7.08. The third-order valence-electron chi connectivity index (χ3n) is 2.12. The summed E-state index contributed by atoms with van der Waals surface area (Å²) in [6.07, 6.45) is 4.86. The monoisotopic (exact) mass is 179 g/mol. The molecule has 2 rings (SSSR count). The molecule has 0 aliphatic carbocycles. The van der Waals surface area contributed by atoms with Gasteiger partial charge in [-0.3, -0.25) is 0 Å². The Kier molecular flexibility index (Phi) is 2.59. The Labute approximate surface area is 77.1 Å². The van der Waals surface area contributed by atoms with Crippen molar-refractivity contribution in [1.82, 2.24) is 5.32 Å². The SMILES string of the molecule is C(=C1CCCNC1)c1ccsc1. The average molecular weight is 179 g/mol. The van der Waals surface area contributed by atoms with Crippen molar-refractivity contribution in [2.24, 2.45) is 0 Å². The van der Waals surface area contributed by atoms with Gasteiger partial charge < -0.3 is 5.32 Å². The largest absolute Gasteiger partial charge is 0.313 e. The molecular weight excluding hydrogens is 166 g/mol. The van der Waals surface area contributed by atoms with Crippen LogP contribution in [0, 0.1) is 0 Å². The Morgan fingerprint density at radius 1 is 1.50 bits per heavy atom. The highest BCUT2D eigenvalue weighted by atomic mass is 32.1. The third-order valence-corrected chi connectivity index (χ3v) is 2.82. The summed E-state index contributed by atoms with van der Waals surface area (Å²) in [7, 11) is 0. The summed E-state index contributed by atoms with van der Waals surface area (Å²) in [5.74, 6) is 0. The topological polar surface area (TPSA) is 12.0 Å². The second-order valence-corrected chi connectivity index (χ2v) is 3.92. The predicted octanol–water partition coefficient (Wildman–Crippen LogP) is 2.51. The minimum absolute atomic E-state index is 1.08. The highest BCUT2D eigenvalue weighted by Gasteiger charge is 2.03. The van der Waals surface area contributed by atoms with Crippen molar-refractivity contribution in [2.75, 3.05) is 13.1 Å². The molecule has 1 aromatic heterocycles. The summed E-state index contributed by atoms with van der Waals surface area (Å²) in [5.41, 5.74) is 2.90. The first kappa shape index (κ1) is 8.02. The molecule has 1 saturated heterocycles. The first-order valence-corrected chi connectivity index (χ1v) is 5.32. The van der Waals surface area contributed by atoms with Crippen LogP contribution in [-0.4, -0.2) is 13.1 Å². The third kappa shape index (κ3) is 1.96. The zero-order chi connectivity index (χ0) is 8.23. The number of nitrogens with one attached hydrogen (secondary N) is 1. The molecule has 0 saturated carbocycles. The van der Waals surface area contributed by atoms with E-state index in [0.717, 1.165) is 6.54 Å². The fourth-order valence-electron chi connectivity index (χ4n) is 1.49. The Morgan fingerprint density at radius 2 is 2.50 bits per heavy atom. The van der Waals surface area contributed by atoms with Crippen LogP contribution in [-0.2, 0) is 0 Å². The van der Waals surface area contributed by atoms with Gasteiger partial charge in [-0.05, 0) is 41.8 Å². The predicted molar refractivity (Wildman–Crippen MR) is 54.4 cm³/mol. The van der Waals surface area contributed by atoms with Crippen molar-refractivity contribution in [2.45, 2.75) is 12.8 Å². The van der Waals surface area contributed by atoms with E-state index in [0.29, 0.717) is 0 Å². The van der Waals surface area contributed by atoms with E-state index in [9.17, 15) is 0 Å². The zero-order valence-corrected chi connectivity index (χ0v) is 7.86. The number of hydrogen-bond acceptors (Lipinski definition) is 2. The van der Waals surface area contributed by atoms with Gasteiger partial charge in [-0.25, -0.2) is 0 Å². The summed E-state index contributed by atoms with van der Waals surface area (Å²) in [4.78, 5) is 0. The Morgan fingerprint density at radius 3 is 3.17 bits per heavy atom. The van der Waals surface area contributed by atoms with Crippen LogP contribution >= 0.6 is 11.3 Å². The molecule has 1 aromatic rings. The smallest absolute Gasteiger partial charge is 0.0167 e. The molecule has 1 fully saturated rings. The van der Waals surface area contributed by atoms with E-state index < -0.39 is 0 Å². The van der Waals surface area contributed by atoms with Crippen LogP contribution in [0.25, 0.3) is 6.08 Å². The molecule has 0 aromatic carbocycles. The van der Waals surface area contributed by atoms with Crippen LogP contribution < -0.4 is 5.32 Å². The van der Waals surface area contributed by atoms with Crippen LogP contribution in [0.15, 0.2) is 22.4 Å². The molecule has 0 bridgehead atoms. The minimum atomic E-state index is 1.08. The van der Waals surface area contributed by atoms with Crippen LogP contribution in [0.2, 0.25) is 0 Å². The Balaban J connectivity index is 2.07. The molecule has 1 aliphatic heterocycles. The molecular formula is C10H13NS. The first-order chi connectivity index (χ1) is 5.95. The number of piperidine rings is 1. The van der Waals surface area contributed by atoms with Crippen molar-refractivity contribution in [3.63, 3.8) is 0 Å². The molecule has 1 aliphatic rings. The van der Waals surface area contributed by atoms with Crippen molar-refractivity contribution < 1.29 is 0 Å². The number of rotatable bonds is 1. The molecule has 2 heterocycles. The number of thiophene rings is 1. The van der Waals surface area contributed by atoms with E-state index in [1.54, 1.807) is 16.9 Å². The zero-order valence-electron chi connectivity index (χ0n) is 7.05. The lowest BCUT2D eigenvalue weighted by Crippen LogP contribution is -2.23. The van der Waals surface area contributed by atoms with Gasteiger partial charge in [0.15, 0.2) is 0 Å². The summed E-state index contributed by atoms with van der Waals surface area (Å²) >= 11 is 1.76. The van der Waals surface area contributed by atoms with Gasteiger partial charge in [0.05, 0.1) is 0 Å². The molecule has 12 heavy (non-hydrogen) atoms. The molecule has 0 radical (unpaired) electrons. The lowest BCUT2D eigenvalue weighted by molar-refractivity contribution is 0.613. The van der Waals surface area contributed by atoms with E-state index >= 15 is 0 Å². The minimum Gasteiger partial charge on any atom is -0.313 e. The maximum absolute atomic E-state index is 3.38. The molecule has 1 N–H and O–H groups in total. The van der Waals surface area contributed by atoms with Gasteiger partial charge in [-0.15, -0.1) is 0 Å². The van der Waals surface area contributed by atoms with Gasteiger partial charge >= 0.3 is 0 Å². The maximum Gasteiger partial charge on any atom is 0.0167 e. The van der Waals surface area contributed by atoms with Gasteiger partial charge in [0, 0.05) is 6.54 Å². The number of hydrogen-bond donors (Lipinski definition) is 1. The van der Waals surface area contributed by atoms with Crippen LogP contribution in [0.3, 0.4) is 0 Å². The summed E-state index contributed by atoms with van der Waals surface area (Å²) < 4.78 is 0. The summed E-state index contributed by atoms with van der Waals surface area (Å²) in [6.45, 7) is 2.26. The van der Waals surface area contributed by atoms with E-state index in [1.807, 2.05) is 0 Å². The maximum atomic E-state index is 3.38. The van der Waals surface area contributed by atoms with E-state index in [4.69, 9.17) is 0 Å². The normalized spacial score (nSPS) is 21.5. The van der Waals surface area contributed by atoms with Gasteiger partial charge in [-0.2, -0.15) is 11.3 Å². The van der Waals surface area contributed by atoms with Gasteiger partial charge in [0.1, 0.15) is 0 Å². The second kappa shape index (κ2) is 3.87. The molecule has 0 spiro atoms. The Hall–Kier alpha value is -0.600. The average Bonchev–Trinajstić information content (AvgIpc) is 2.59. The Bertz CT molecular complexity index is 253. The standard InChI is InChI=1S/C10H13NS/c1-2-9(7-11-4-1)6-10-3-5-12-8-10/h3,5-6,8,11H,1-2,4,7H2. The fourth-order valence-corrected chi connectivity index (χ4v) is 2.11. The first-order valence-electron chi connectivity index (χ1n) is 4.37. The summed E-state index contributed by atoms with van der Waals surface area (Å²) in [6, 6.07) is 2.17. The lowest BCUT2D eigenvalue weighted by atomic mass is 10.0. The molecule has 0 amide bonds. The molecule has 64 valence electrons. The van der Waals surface area contributed by atoms with Crippen LogP contribution in [0.1, 0.15) is 18.4 Å². The lowest BCUT2D eigenvalue weighted by Gasteiger charge is -2.14. The van der Waals surface area contributed by atoms with E-state index in [1.165, 1.54) is 24.9 Å². The van der Waals surface area contributed by atoms with Gasteiger partial charge in [0.2, 0.25) is 0 Å². The molecule has 1 nitrogen and oxygen atoms in total. The van der Waals surface area contributed by atoms with E-state index in [2.05, 4.69) is 28.2 Å². The van der Waals surface area contributed by atoms with Crippen molar-refractivity contribution in [1.29, 1.82) is 0 Å². The van der Waals surface area contributed by atoms with Gasteiger partial charge in [0.25, 0.3) is 0 Å².